The molecule has 1 rings (SSSR count). The lowest BCUT2D eigenvalue weighted by Crippen LogP contribution is -2.12. The van der Waals surface area contributed by atoms with Crippen molar-refractivity contribution in [3.8, 4) is 17.6 Å². The SMILES string of the molecule is CCC(C#N)CNc1cc(OC)c(OC)cc1C. The lowest BCUT2D eigenvalue weighted by Gasteiger charge is -2.15. The second kappa shape index (κ2) is 6.75. The third kappa shape index (κ3) is 3.30. The standard InChI is InChI=1S/C14H20N2O2/c1-5-11(8-15)9-16-12-7-14(18-4)13(17-3)6-10(12)2/h6-7,11,16H,5,9H2,1-4H3. The van der Waals surface area contributed by atoms with E-state index in [1.54, 1.807) is 14.2 Å². The van der Waals surface area contributed by atoms with Crippen LogP contribution in [0.4, 0.5) is 5.69 Å². The van der Waals surface area contributed by atoms with Gasteiger partial charge in [0.2, 0.25) is 0 Å². The Hall–Kier alpha value is -1.89. The van der Waals surface area contributed by atoms with Gasteiger partial charge >= 0.3 is 0 Å². The quantitative estimate of drug-likeness (QED) is 0.841. The molecule has 0 fully saturated rings. The number of anilines is 1. The molecule has 1 aromatic carbocycles. The molecule has 0 aliphatic heterocycles. The number of benzene rings is 1. The smallest absolute Gasteiger partial charge is 0.162 e. The molecular weight excluding hydrogens is 228 g/mol. The van der Waals surface area contributed by atoms with Crippen molar-refractivity contribution in [2.24, 2.45) is 5.92 Å². The van der Waals surface area contributed by atoms with Crippen LogP contribution < -0.4 is 14.8 Å². The lowest BCUT2D eigenvalue weighted by molar-refractivity contribution is 0.355. The summed E-state index contributed by atoms with van der Waals surface area (Å²) in [5.41, 5.74) is 2.04. The van der Waals surface area contributed by atoms with Crippen LogP contribution in [0, 0.1) is 24.2 Å². The summed E-state index contributed by atoms with van der Waals surface area (Å²) in [6.07, 6.45) is 0.843. The van der Waals surface area contributed by atoms with Gasteiger partial charge in [0.25, 0.3) is 0 Å². The summed E-state index contributed by atoms with van der Waals surface area (Å²) < 4.78 is 10.5. The van der Waals surface area contributed by atoms with Crippen LogP contribution in [0.15, 0.2) is 12.1 Å². The largest absolute Gasteiger partial charge is 0.493 e. The van der Waals surface area contributed by atoms with E-state index in [-0.39, 0.29) is 5.92 Å². The molecule has 0 bridgehead atoms. The molecule has 0 aromatic heterocycles. The van der Waals surface area contributed by atoms with E-state index in [2.05, 4.69) is 11.4 Å². The molecule has 4 heteroatoms. The average Bonchev–Trinajstić information content (AvgIpc) is 2.40. The molecule has 0 aliphatic rings. The Bertz CT molecular complexity index is 438. The van der Waals surface area contributed by atoms with Crippen molar-refractivity contribution in [1.82, 2.24) is 0 Å². The second-order valence-corrected chi connectivity index (χ2v) is 4.14. The number of nitrogens with one attached hydrogen (secondary N) is 1. The number of aryl methyl sites for hydroxylation is 1. The Morgan fingerprint density at radius 3 is 2.39 bits per heavy atom. The number of methoxy groups -OCH3 is 2. The predicted octanol–water partition coefficient (Wildman–Crippen LogP) is 2.97. The van der Waals surface area contributed by atoms with Gasteiger partial charge in [0.05, 0.1) is 26.2 Å². The maximum Gasteiger partial charge on any atom is 0.162 e. The Balaban J connectivity index is 2.86. The molecule has 0 heterocycles. The monoisotopic (exact) mass is 248 g/mol. The molecule has 1 atom stereocenters. The highest BCUT2D eigenvalue weighted by molar-refractivity contribution is 5.60. The summed E-state index contributed by atoms with van der Waals surface area (Å²) in [5.74, 6) is 1.43. The van der Waals surface area contributed by atoms with Gasteiger partial charge in [-0.2, -0.15) is 5.26 Å². The minimum absolute atomic E-state index is 0.0255. The average molecular weight is 248 g/mol. The van der Waals surface area contributed by atoms with Gasteiger partial charge in [-0.3, -0.25) is 0 Å². The number of nitriles is 1. The molecule has 1 aromatic rings. The highest BCUT2D eigenvalue weighted by Gasteiger charge is 2.10. The molecular formula is C14H20N2O2. The first-order valence-corrected chi connectivity index (χ1v) is 6.02. The van der Waals surface area contributed by atoms with Gasteiger partial charge in [-0.1, -0.05) is 6.92 Å². The zero-order valence-electron chi connectivity index (χ0n) is 11.4. The van der Waals surface area contributed by atoms with Crippen LogP contribution >= 0.6 is 0 Å². The zero-order valence-corrected chi connectivity index (χ0v) is 11.4. The third-order valence-corrected chi connectivity index (χ3v) is 2.94. The van der Waals surface area contributed by atoms with E-state index in [9.17, 15) is 0 Å². The van der Waals surface area contributed by atoms with E-state index in [0.29, 0.717) is 18.0 Å². The van der Waals surface area contributed by atoms with Crippen LogP contribution in [-0.2, 0) is 0 Å². The minimum atomic E-state index is 0.0255. The number of ether oxygens (including phenoxy) is 2. The Kier molecular flexibility index (Phi) is 5.31. The van der Waals surface area contributed by atoms with E-state index < -0.39 is 0 Å². The lowest BCUT2D eigenvalue weighted by atomic mass is 10.1. The summed E-state index contributed by atoms with van der Waals surface area (Å²) in [4.78, 5) is 0. The first-order chi connectivity index (χ1) is 8.65. The molecule has 0 aliphatic carbocycles. The predicted molar refractivity (Wildman–Crippen MR) is 72.2 cm³/mol. The maximum absolute atomic E-state index is 8.92. The molecule has 98 valence electrons. The summed E-state index contributed by atoms with van der Waals surface area (Å²) >= 11 is 0. The number of hydrogen-bond acceptors (Lipinski definition) is 4. The Morgan fingerprint density at radius 1 is 1.28 bits per heavy atom. The van der Waals surface area contributed by atoms with Crippen molar-refractivity contribution in [2.75, 3.05) is 26.1 Å². The fraction of sp³-hybridized carbons (Fsp3) is 0.500. The van der Waals surface area contributed by atoms with Crippen LogP contribution in [0.3, 0.4) is 0 Å². The van der Waals surface area contributed by atoms with E-state index in [0.717, 1.165) is 17.7 Å². The van der Waals surface area contributed by atoms with Crippen molar-refractivity contribution < 1.29 is 9.47 Å². The molecule has 0 amide bonds. The molecule has 0 radical (unpaired) electrons. The van der Waals surface area contributed by atoms with Crippen LogP contribution in [0.2, 0.25) is 0 Å². The summed E-state index contributed by atoms with van der Waals surface area (Å²) in [7, 11) is 3.23. The van der Waals surface area contributed by atoms with E-state index >= 15 is 0 Å². The molecule has 1 unspecified atom stereocenters. The van der Waals surface area contributed by atoms with Crippen molar-refractivity contribution in [1.29, 1.82) is 5.26 Å². The number of nitrogens with zero attached hydrogens (tertiary/aromatic N) is 1. The summed E-state index contributed by atoms with van der Waals surface area (Å²) in [5, 5.41) is 12.2. The molecule has 0 saturated heterocycles. The van der Waals surface area contributed by atoms with Gasteiger partial charge in [0.15, 0.2) is 11.5 Å². The highest BCUT2D eigenvalue weighted by Crippen LogP contribution is 2.32. The fourth-order valence-corrected chi connectivity index (χ4v) is 1.69. The molecule has 4 nitrogen and oxygen atoms in total. The van der Waals surface area contributed by atoms with Crippen molar-refractivity contribution in [3.63, 3.8) is 0 Å². The van der Waals surface area contributed by atoms with E-state index in [1.165, 1.54) is 0 Å². The number of rotatable bonds is 6. The maximum atomic E-state index is 8.92. The van der Waals surface area contributed by atoms with Gasteiger partial charge < -0.3 is 14.8 Å². The summed E-state index contributed by atoms with van der Waals surface area (Å²) in [6, 6.07) is 6.10. The Labute approximate surface area is 109 Å². The van der Waals surface area contributed by atoms with Crippen LogP contribution in [0.25, 0.3) is 0 Å². The van der Waals surface area contributed by atoms with Crippen molar-refractivity contribution >= 4 is 5.69 Å². The molecule has 0 spiro atoms. The van der Waals surface area contributed by atoms with Gasteiger partial charge in [-0.05, 0) is 25.0 Å². The Morgan fingerprint density at radius 2 is 1.89 bits per heavy atom. The van der Waals surface area contributed by atoms with Gasteiger partial charge in [-0.25, -0.2) is 0 Å². The minimum Gasteiger partial charge on any atom is -0.493 e. The zero-order chi connectivity index (χ0) is 13.5. The molecule has 18 heavy (non-hydrogen) atoms. The first kappa shape index (κ1) is 14.2. The van der Waals surface area contributed by atoms with Crippen molar-refractivity contribution in [3.05, 3.63) is 17.7 Å². The highest BCUT2D eigenvalue weighted by atomic mass is 16.5. The van der Waals surface area contributed by atoms with E-state index in [1.807, 2.05) is 26.0 Å². The van der Waals surface area contributed by atoms with E-state index in [4.69, 9.17) is 14.7 Å². The van der Waals surface area contributed by atoms with Crippen LogP contribution in [0.5, 0.6) is 11.5 Å². The second-order valence-electron chi connectivity index (χ2n) is 4.14. The third-order valence-electron chi connectivity index (χ3n) is 2.94. The topological polar surface area (TPSA) is 54.3 Å². The molecule has 0 saturated carbocycles. The summed E-state index contributed by atoms with van der Waals surface area (Å²) in [6.45, 7) is 4.65. The van der Waals surface area contributed by atoms with Gasteiger partial charge in [0.1, 0.15) is 0 Å². The van der Waals surface area contributed by atoms with Crippen molar-refractivity contribution in [2.45, 2.75) is 20.3 Å². The van der Waals surface area contributed by atoms with Crippen LogP contribution in [-0.4, -0.2) is 20.8 Å². The van der Waals surface area contributed by atoms with Crippen LogP contribution in [0.1, 0.15) is 18.9 Å². The van der Waals surface area contributed by atoms with Gasteiger partial charge in [-0.15, -0.1) is 0 Å². The normalized spacial score (nSPS) is 11.5. The van der Waals surface area contributed by atoms with Gasteiger partial charge in [0, 0.05) is 18.3 Å². The molecule has 1 N–H and O–H groups in total. The number of hydrogen-bond donors (Lipinski definition) is 1. The first-order valence-electron chi connectivity index (χ1n) is 6.02. The fourth-order valence-electron chi connectivity index (χ4n) is 1.69.